The molecule has 0 spiro atoms. The molecule has 0 bridgehead atoms. The lowest BCUT2D eigenvalue weighted by molar-refractivity contribution is -0.145. The Morgan fingerprint density at radius 2 is 1.32 bits per heavy atom. The molecule has 0 unspecified atom stereocenters. The summed E-state index contributed by atoms with van der Waals surface area (Å²) in [6.45, 7) is 1.21. The number of halogens is 4. The van der Waals surface area contributed by atoms with Crippen LogP contribution in [0.25, 0.3) is 0 Å². The van der Waals surface area contributed by atoms with Gasteiger partial charge >= 0.3 is 5.97 Å². The molecule has 22 heavy (non-hydrogen) atoms. The van der Waals surface area contributed by atoms with Crippen LogP contribution in [0.2, 0.25) is 0 Å². The first kappa shape index (κ1) is 18.1. The van der Waals surface area contributed by atoms with E-state index in [1.807, 2.05) is 0 Å². The first-order chi connectivity index (χ1) is 10.1. The maximum absolute atomic E-state index is 12.5. The smallest absolute Gasteiger partial charge is 0.329 e. The van der Waals surface area contributed by atoms with E-state index in [2.05, 4.69) is 63.7 Å². The fourth-order valence-corrected chi connectivity index (χ4v) is 4.61. The molecule has 1 aromatic rings. The summed E-state index contributed by atoms with van der Waals surface area (Å²) in [5, 5.41) is 18.9. The molecule has 10 heteroatoms. The second-order valence-corrected chi connectivity index (χ2v) is 7.68. The highest BCUT2D eigenvalue weighted by molar-refractivity contribution is 9.15. The molecule has 118 valence electrons. The minimum Gasteiger partial charge on any atom is -0.480 e. The van der Waals surface area contributed by atoms with Crippen LogP contribution in [0.5, 0.6) is 0 Å². The lowest BCUT2D eigenvalue weighted by Gasteiger charge is -2.24. The lowest BCUT2D eigenvalue weighted by atomic mass is 10.1. The molecule has 2 rings (SSSR count). The quantitative estimate of drug-likeness (QED) is 0.334. The average molecular weight is 565 g/mol. The lowest BCUT2D eigenvalue weighted by Crippen LogP contribution is -2.50. The summed E-state index contributed by atoms with van der Waals surface area (Å²) in [6, 6.07) is -1.66. The van der Waals surface area contributed by atoms with Crippen molar-refractivity contribution in [2.45, 2.75) is 19.1 Å². The molecule has 0 saturated carbocycles. The number of aliphatic hydroxyl groups is 1. The summed E-state index contributed by atoms with van der Waals surface area (Å²) in [5.41, 5.74) is 0.0812. The van der Waals surface area contributed by atoms with Crippen LogP contribution in [-0.4, -0.2) is 45.0 Å². The molecule has 0 aliphatic carbocycles. The van der Waals surface area contributed by atoms with E-state index in [1.54, 1.807) is 0 Å². The minimum absolute atomic E-state index is 0.0406. The van der Waals surface area contributed by atoms with Crippen LogP contribution in [0, 0.1) is 0 Å². The maximum atomic E-state index is 12.5. The number of imide groups is 1. The zero-order valence-electron chi connectivity index (χ0n) is 10.7. The van der Waals surface area contributed by atoms with Crippen LogP contribution in [0.3, 0.4) is 0 Å². The number of benzene rings is 1. The van der Waals surface area contributed by atoms with Gasteiger partial charge < -0.3 is 10.2 Å². The molecule has 2 amide bonds. The molecule has 2 N–H and O–H groups in total. The van der Waals surface area contributed by atoms with Crippen molar-refractivity contribution in [1.82, 2.24) is 4.90 Å². The number of aliphatic hydroxyl groups excluding tert-OH is 1. The Hall–Kier alpha value is -0.290. The summed E-state index contributed by atoms with van der Waals surface area (Å²) in [6.07, 6.45) is -1.41. The third-order valence-corrected chi connectivity index (χ3v) is 7.89. The van der Waals surface area contributed by atoms with E-state index < -0.39 is 29.9 Å². The number of hydrogen-bond acceptors (Lipinski definition) is 4. The number of fused-ring (bicyclic) bond motifs is 1. The average Bonchev–Trinajstić information content (AvgIpc) is 2.67. The van der Waals surface area contributed by atoms with Crippen molar-refractivity contribution in [3.63, 3.8) is 0 Å². The highest BCUT2D eigenvalue weighted by Gasteiger charge is 2.47. The number of nitrogens with zero attached hydrogens (tertiary/aromatic N) is 1. The maximum Gasteiger partial charge on any atom is 0.329 e. The van der Waals surface area contributed by atoms with Gasteiger partial charge in [-0.15, -0.1) is 0 Å². The summed E-state index contributed by atoms with van der Waals surface area (Å²) in [5.74, 6) is -3.03. The van der Waals surface area contributed by atoms with Crippen molar-refractivity contribution in [2.24, 2.45) is 0 Å². The fraction of sp³-hybridized carbons (Fsp3) is 0.250. The van der Waals surface area contributed by atoms with Gasteiger partial charge in [-0.3, -0.25) is 14.5 Å². The van der Waals surface area contributed by atoms with Gasteiger partial charge in [-0.25, -0.2) is 4.79 Å². The van der Waals surface area contributed by atoms with Gasteiger partial charge in [0.2, 0.25) is 0 Å². The molecular weight excluding hydrogens is 558 g/mol. The highest BCUT2D eigenvalue weighted by atomic mass is 79.9. The second-order valence-electron chi connectivity index (χ2n) is 4.51. The third kappa shape index (κ3) is 2.58. The second kappa shape index (κ2) is 6.31. The van der Waals surface area contributed by atoms with Crippen LogP contribution in [0.15, 0.2) is 17.9 Å². The predicted octanol–water partition coefficient (Wildman–Crippen LogP) is 3.17. The van der Waals surface area contributed by atoms with E-state index in [4.69, 9.17) is 0 Å². The van der Waals surface area contributed by atoms with Crippen LogP contribution >= 0.6 is 63.7 Å². The van der Waals surface area contributed by atoms with Gasteiger partial charge in [-0.1, -0.05) is 0 Å². The van der Waals surface area contributed by atoms with Crippen molar-refractivity contribution in [3.8, 4) is 0 Å². The van der Waals surface area contributed by atoms with Gasteiger partial charge in [0.25, 0.3) is 11.8 Å². The molecule has 0 radical (unpaired) electrons. The van der Waals surface area contributed by atoms with Crippen LogP contribution < -0.4 is 0 Å². The number of rotatable bonds is 3. The van der Waals surface area contributed by atoms with Gasteiger partial charge in [0.1, 0.15) is 0 Å². The van der Waals surface area contributed by atoms with Crippen LogP contribution in [-0.2, 0) is 4.79 Å². The van der Waals surface area contributed by atoms with E-state index in [-0.39, 0.29) is 11.1 Å². The highest BCUT2D eigenvalue weighted by Crippen LogP contribution is 2.45. The molecule has 0 saturated heterocycles. The molecule has 0 aromatic heterocycles. The summed E-state index contributed by atoms with van der Waals surface area (Å²) in [7, 11) is 0. The van der Waals surface area contributed by atoms with Gasteiger partial charge in [0.15, 0.2) is 6.04 Å². The largest absolute Gasteiger partial charge is 0.480 e. The predicted molar refractivity (Wildman–Crippen MR) is 90.8 cm³/mol. The van der Waals surface area contributed by atoms with Crippen molar-refractivity contribution < 1.29 is 24.6 Å². The number of carbonyl (C=O) groups is 3. The molecule has 1 aliphatic rings. The van der Waals surface area contributed by atoms with Crippen molar-refractivity contribution >= 4 is 81.5 Å². The minimum atomic E-state index is -1.66. The number of hydrogen-bond donors (Lipinski definition) is 2. The van der Waals surface area contributed by atoms with E-state index in [0.29, 0.717) is 22.8 Å². The van der Waals surface area contributed by atoms with Gasteiger partial charge in [0, 0.05) is 17.9 Å². The van der Waals surface area contributed by atoms with Gasteiger partial charge in [-0.05, 0) is 70.6 Å². The van der Waals surface area contributed by atoms with Crippen molar-refractivity contribution in [2.75, 3.05) is 0 Å². The Kier molecular flexibility index (Phi) is 5.18. The van der Waals surface area contributed by atoms with Crippen LogP contribution in [0.4, 0.5) is 0 Å². The Morgan fingerprint density at radius 1 is 0.955 bits per heavy atom. The van der Waals surface area contributed by atoms with Crippen molar-refractivity contribution in [1.29, 1.82) is 0 Å². The standard InChI is InChI=1S/C12H7Br4NO5/c1-2(18)9(12(21)22)17-10(19)3-4(11(17)20)6(14)8(16)7(15)5(3)13/h2,9,18H,1H3,(H,21,22)/t2-,9-/m0/s1. The van der Waals surface area contributed by atoms with E-state index in [1.165, 1.54) is 6.92 Å². The van der Waals surface area contributed by atoms with Crippen molar-refractivity contribution in [3.05, 3.63) is 29.0 Å². The molecule has 1 aliphatic heterocycles. The number of carboxylic acids is 1. The SMILES string of the molecule is C[C@H](O)[C@@H](C(=O)O)N1C(=O)c2c(Br)c(Br)c(Br)c(Br)c2C1=O. The zero-order valence-corrected chi connectivity index (χ0v) is 17.1. The zero-order chi connectivity index (χ0) is 16.9. The van der Waals surface area contributed by atoms with Gasteiger partial charge in [-0.2, -0.15) is 0 Å². The van der Waals surface area contributed by atoms with Gasteiger partial charge in [0.05, 0.1) is 17.2 Å². The summed E-state index contributed by atoms with van der Waals surface area (Å²) in [4.78, 5) is 37.0. The number of amides is 2. The molecule has 1 heterocycles. The Balaban J connectivity index is 2.71. The van der Waals surface area contributed by atoms with E-state index in [9.17, 15) is 24.6 Å². The monoisotopic (exact) mass is 561 g/mol. The topological polar surface area (TPSA) is 94.9 Å². The molecule has 6 nitrogen and oxygen atoms in total. The Morgan fingerprint density at radius 3 is 1.59 bits per heavy atom. The van der Waals surface area contributed by atoms with Crippen LogP contribution in [0.1, 0.15) is 27.6 Å². The molecule has 0 fully saturated rings. The molecular formula is C12H7Br4NO5. The first-order valence-electron chi connectivity index (χ1n) is 5.75. The Labute approximate surface area is 158 Å². The third-order valence-electron chi connectivity index (χ3n) is 3.12. The fourth-order valence-electron chi connectivity index (χ4n) is 2.15. The molecule has 2 atom stereocenters. The van der Waals surface area contributed by atoms with E-state index >= 15 is 0 Å². The first-order valence-corrected chi connectivity index (χ1v) is 8.93. The molecule has 1 aromatic carbocycles. The van der Waals surface area contributed by atoms with E-state index in [0.717, 1.165) is 0 Å². The Bertz CT molecular complexity index is 671. The number of carboxylic acid groups (broad SMARTS) is 1. The summed E-state index contributed by atoms with van der Waals surface area (Å²) >= 11 is 13.0. The normalized spacial score (nSPS) is 16.7. The number of aliphatic carboxylic acids is 1. The summed E-state index contributed by atoms with van der Waals surface area (Å²) < 4.78 is 1.66. The number of carbonyl (C=O) groups excluding carboxylic acids is 2.